The van der Waals surface area contributed by atoms with Gasteiger partial charge in [0.1, 0.15) is 21.7 Å². The van der Waals surface area contributed by atoms with Crippen molar-refractivity contribution in [3.8, 4) is 5.75 Å². The van der Waals surface area contributed by atoms with Gasteiger partial charge in [-0.1, -0.05) is 0 Å². The van der Waals surface area contributed by atoms with Crippen LogP contribution in [0.2, 0.25) is 0 Å². The first kappa shape index (κ1) is 10.4. The van der Waals surface area contributed by atoms with E-state index in [1.807, 2.05) is 22.7 Å². The summed E-state index contributed by atoms with van der Waals surface area (Å²) in [7, 11) is 1.61. The van der Waals surface area contributed by atoms with Gasteiger partial charge in [0.15, 0.2) is 0 Å². The van der Waals surface area contributed by atoms with Crippen LogP contribution in [0.5, 0.6) is 5.75 Å². The number of hydrogen-bond donors (Lipinski definition) is 1. The summed E-state index contributed by atoms with van der Waals surface area (Å²) in [5.41, 5.74) is 1.40. The maximum atomic E-state index is 9.49. The highest BCUT2D eigenvalue weighted by Crippen LogP contribution is 2.25. The minimum atomic E-state index is -0.592. The quantitative estimate of drug-likeness (QED) is 0.910. The third-order valence-corrected chi connectivity index (χ3v) is 2.98. The van der Waals surface area contributed by atoms with Crippen molar-refractivity contribution < 1.29 is 9.84 Å². The number of hydrogen-bond acceptors (Lipinski definition) is 3. The molecule has 0 aliphatic carbocycles. The molecule has 15 heavy (non-hydrogen) atoms. The molecular formula is C10H11BrN2O2. The topological polar surface area (TPSA) is 46.8 Å². The molecule has 5 heteroatoms. The van der Waals surface area contributed by atoms with E-state index < -0.39 is 6.10 Å². The Kier molecular flexibility index (Phi) is 2.67. The molecule has 1 atom stereocenters. The van der Waals surface area contributed by atoms with E-state index in [9.17, 15) is 5.11 Å². The molecule has 2 heterocycles. The Hall–Kier alpha value is -1.07. The summed E-state index contributed by atoms with van der Waals surface area (Å²) in [5.74, 6) is 0.748. The molecule has 0 amide bonds. The predicted octanol–water partition coefficient (Wildman–Crippen LogP) is 2.16. The average molecular weight is 271 g/mol. The van der Waals surface area contributed by atoms with Crippen molar-refractivity contribution >= 4 is 21.6 Å². The molecule has 0 aliphatic rings. The zero-order valence-electron chi connectivity index (χ0n) is 8.44. The second-order valence-electron chi connectivity index (χ2n) is 3.26. The number of methoxy groups -OCH3 is 1. The number of ether oxygens (including phenoxy) is 1. The summed E-state index contributed by atoms with van der Waals surface area (Å²) in [6, 6.07) is 3.68. The highest BCUT2D eigenvalue weighted by molar-refractivity contribution is 9.10. The molecule has 0 saturated heterocycles. The summed E-state index contributed by atoms with van der Waals surface area (Å²) in [4.78, 5) is 4.30. The average Bonchev–Trinajstić information content (AvgIpc) is 2.56. The van der Waals surface area contributed by atoms with Gasteiger partial charge < -0.3 is 9.84 Å². The summed E-state index contributed by atoms with van der Waals surface area (Å²) in [6.45, 7) is 1.68. The number of fused-ring (bicyclic) bond motifs is 1. The van der Waals surface area contributed by atoms with E-state index in [1.54, 1.807) is 14.0 Å². The maximum Gasteiger partial charge on any atom is 0.138 e. The number of aliphatic hydroxyl groups excluding tert-OH is 1. The molecule has 80 valence electrons. The Labute approximate surface area is 95.6 Å². The summed E-state index contributed by atoms with van der Waals surface area (Å²) >= 11 is 3.40. The molecule has 0 aliphatic heterocycles. The minimum absolute atomic E-state index is 0.592. The van der Waals surface area contributed by atoms with E-state index in [0.717, 1.165) is 16.0 Å². The highest BCUT2D eigenvalue weighted by Gasteiger charge is 2.13. The van der Waals surface area contributed by atoms with Gasteiger partial charge in [0.2, 0.25) is 0 Å². The summed E-state index contributed by atoms with van der Waals surface area (Å²) in [6.07, 6.45) is 1.23. The van der Waals surface area contributed by atoms with Crippen LogP contribution in [-0.2, 0) is 0 Å². The van der Waals surface area contributed by atoms with Gasteiger partial charge in [-0.05, 0) is 35.0 Å². The Morgan fingerprint density at radius 2 is 2.27 bits per heavy atom. The first-order valence-electron chi connectivity index (χ1n) is 4.53. The number of nitrogens with zero attached hydrogens (tertiary/aromatic N) is 2. The van der Waals surface area contributed by atoms with E-state index in [2.05, 4.69) is 20.9 Å². The molecule has 1 N–H and O–H groups in total. The van der Waals surface area contributed by atoms with Gasteiger partial charge in [-0.2, -0.15) is 0 Å². The lowest BCUT2D eigenvalue weighted by Gasteiger charge is -2.01. The van der Waals surface area contributed by atoms with Crippen LogP contribution in [0.3, 0.4) is 0 Å². The predicted molar refractivity (Wildman–Crippen MR) is 60.1 cm³/mol. The van der Waals surface area contributed by atoms with Crippen LogP contribution in [0.25, 0.3) is 5.65 Å². The molecule has 2 aromatic rings. The maximum absolute atomic E-state index is 9.49. The van der Waals surface area contributed by atoms with Gasteiger partial charge in [-0.15, -0.1) is 0 Å². The van der Waals surface area contributed by atoms with Crippen LogP contribution in [0.15, 0.2) is 22.9 Å². The van der Waals surface area contributed by atoms with Crippen molar-refractivity contribution in [1.29, 1.82) is 0 Å². The molecule has 4 nitrogen and oxygen atoms in total. The Morgan fingerprint density at radius 3 is 2.87 bits per heavy atom. The van der Waals surface area contributed by atoms with E-state index >= 15 is 0 Å². The monoisotopic (exact) mass is 270 g/mol. The number of imidazole rings is 1. The fourth-order valence-corrected chi connectivity index (χ4v) is 2.11. The van der Waals surface area contributed by atoms with E-state index in [4.69, 9.17) is 4.74 Å². The smallest absolute Gasteiger partial charge is 0.138 e. The summed E-state index contributed by atoms with van der Waals surface area (Å²) < 4.78 is 7.71. The second-order valence-corrected chi connectivity index (χ2v) is 4.01. The molecule has 1 unspecified atom stereocenters. The molecule has 0 fully saturated rings. The van der Waals surface area contributed by atoms with Crippen molar-refractivity contribution in [2.24, 2.45) is 0 Å². The molecule has 0 spiro atoms. The number of aliphatic hydroxyl groups is 1. The number of rotatable bonds is 2. The largest absolute Gasteiger partial charge is 0.495 e. The fourth-order valence-electron chi connectivity index (χ4n) is 1.40. The molecule has 0 radical (unpaired) electrons. The SMILES string of the molecule is COc1ccc2nc(C(C)O)c(Br)n2c1. The summed E-state index contributed by atoms with van der Waals surface area (Å²) in [5, 5.41) is 9.49. The van der Waals surface area contributed by atoms with Crippen LogP contribution in [-0.4, -0.2) is 21.6 Å². The van der Waals surface area contributed by atoms with Crippen molar-refractivity contribution in [3.63, 3.8) is 0 Å². The number of pyridine rings is 1. The third-order valence-electron chi connectivity index (χ3n) is 2.19. The van der Waals surface area contributed by atoms with Crippen LogP contribution in [0, 0.1) is 0 Å². The molecular weight excluding hydrogens is 260 g/mol. The van der Waals surface area contributed by atoms with E-state index in [-0.39, 0.29) is 0 Å². The Morgan fingerprint density at radius 1 is 1.53 bits per heavy atom. The standard InChI is InChI=1S/C10H11BrN2O2/c1-6(14)9-10(11)13-5-7(15-2)3-4-8(13)12-9/h3-6,14H,1-2H3. The van der Waals surface area contributed by atoms with Crippen LogP contribution in [0.1, 0.15) is 18.7 Å². The van der Waals surface area contributed by atoms with Crippen molar-refractivity contribution in [3.05, 3.63) is 28.6 Å². The van der Waals surface area contributed by atoms with Gasteiger partial charge in [-0.25, -0.2) is 4.98 Å². The minimum Gasteiger partial charge on any atom is -0.495 e. The van der Waals surface area contributed by atoms with Gasteiger partial charge in [0, 0.05) is 0 Å². The lowest BCUT2D eigenvalue weighted by Crippen LogP contribution is -1.92. The van der Waals surface area contributed by atoms with E-state index in [1.165, 1.54) is 0 Å². The lowest BCUT2D eigenvalue weighted by molar-refractivity contribution is 0.194. The number of halogens is 1. The molecule has 0 saturated carbocycles. The van der Waals surface area contributed by atoms with Gasteiger partial charge >= 0.3 is 0 Å². The zero-order chi connectivity index (χ0) is 11.0. The van der Waals surface area contributed by atoms with Crippen LogP contribution < -0.4 is 4.74 Å². The normalized spacial score (nSPS) is 13.1. The first-order valence-corrected chi connectivity index (χ1v) is 5.32. The molecule has 2 rings (SSSR count). The highest BCUT2D eigenvalue weighted by atomic mass is 79.9. The van der Waals surface area contributed by atoms with Crippen LogP contribution >= 0.6 is 15.9 Å². The first-order chi connectivity index (χ1) is 7.13. The van der Waals surface area contributed by atoms with E-state index in [0.29, 0.717) is 5.69 Å². The number of aromatic nitrogens is 2. The van der Waals surface area contributed by atoms with Crippen molar-refractivity contribution in [2.75, 3.05) is 7.11 Å². The van der Waals surface area contributed by atoms with Crippen molar-refractivity contribution in [1.82, 2.24) is 9.38 Å². The molecule has 2 aromatic heterocycles. The van der Waals surface area contributed by atoms with Gasteiger partial charge in [-0.3, -0.25) is 4.40 Å². The van der Waals surface area contributed by atoms with Crippen LogP contribution in [0.4, 0.5) is 0 Å². The van der Waals surface area contributed by atoms with Crippen molar-refractivity contribution in [2.45, 2.75) is 13.0 Å². The fraction of sp³-hybridized carbons (Fsp3) is 0.300. The van der Waals surface area contributed by atoms with Gasteiger partial charge in [0.05, 0.1) is 19.4 Å². The Bertz CT molecular complexity index is 493. The molecule has 0 bridgehead atoms. The van der Waals surface area contributed by atoms with Gasteiger partial charge in [0.25, 0.3) is 0 Å². The molecule has 0 aromatic carbocycles. The third kappa shape index (κ3) is 1.72. The second kappa shape index (κ2) is 3.83. The zero-order valence-corrected chi connectivity index (χ0v) is 10.0. The lowest BCUT2D eigenvalue weighted by atomic mass is 10.3. The Balaban J connectivity index is 2.66.